The first kappa shape index (κ1) is 13.5. The Morgan fingerprint density at radius 2 is 1.89 bits per heavy atom. The monoisotopic (exact) mass is 274 g/mol. The van der Waals surface area contributed by atoms with Crippen LogP contribution in [0.25, 0.3) is 0 Å². The second-order valence-corrected chi connectivity index (χ2v) is 4.71. The van der Waals surface area contributed by atoms with E-state index in [-0.39, 0.29) is 0 Å². The molecule has 0 aliphatic carbocycles. The fourth-order valence-electron chi connectivity index (χ4n) is 1.98. The Hall–Kier alpha value is -1.88. The van der Waals surface area contributed by atoms with Gasteiger partial charge in [-0.1, -0.05) is 18.2 Å². The van der Waals surface area contributed by atoms with Crippen LogP contribution in [0.3, 0.4) is 0 Å². The molecule has 5 heteroatoms. The number of nitrogens with one attached hydrogen (secondary N) is 2. The number of hydrogen-bond acceptors (Lipinski definition) is 2. The second-order valence-electron chi connectivity index (χ2n) is 4.31. The van der Waals surface area contributed by atoms with E-state index in [0.29, 0.717) is 5.11 Å². The van der Waals surface area contributed by atoms with Crippen molar-refractivity contribution in [1.29, 1.82) is 0 Å². The summed E-state index contributed by atoms with van der Waals surface area (Å²) in [6.07, 6.45) is 0. The zero-order valence-corrected chi connectivity index (χ0v) is 12.2. The van der Waals surface area contributed by atoms with Crippen molar-refractivity contribution < 1.29 is 0 Å². The van der Waals surface area contributed by atoms with Gasteiger partial charge < -0.3 is 10.6 Å². The van der Waals surface area contributed by atoms with Crippen LogP contribution >= 0.6 is 12.2 Å². The summed E-state index contributed by atoms with van der Waals surface area (Å²) in [6.45, 7) is 6.95. The van der Waals surface area contributed by atoms with E-state index < -0.39 is 0 Å². The van der Waals surface area contributed by atoms with E-state index in [1.165, 1.54) is 0 Å². The minimum Gasteiger partial charge on any atom is -0.332 e. The molecule has 0 bridgehead atoms. The molecule has 0 amide bonds. The van der Waals surface area contributed by atoms with Crippen LogP contribution in [-0.2, 0) is 6.54 Å². The third-order valence-electron chi connectivity index (χ3n) is 2.95. The van der Waals surface area contributed by atoms with Gasteiger partial charge in [-0.05, 0) is 45.1 Å². The molecule has 2 aromatic rings. The Balaban J connectivity index is 2.09. The number of thiocarbonyl (C=S) groups is 1. The molecular formula is C14H18N4S. The molecular weight excluding hydrogens is 256 g/mol. The predicted molar refractivity (Wildman–Crippen MR) is 83.7 cm³/mol. The summed E-state index contributed by atoms with van der Waals surface area (Å²) in [6, 6.07) is 9.86. The van der Waals surface area contributed by atoms with E-state index in [4.69, 9.17) is 12.2 Å². The highest BCUT2D eigenvalue weighted by molar-refractivity contribution is 7.80. The van der Waals surface area contributed by atoms with Crippen molar-refractivity contribution in [3.05, 3.63) is 41.7 Å². The van der Waals surface area contributed by atoms with Crippen molar-refractivity contribution in [1.82, 2.24) is 9.78 Å². The Morgan fingerprint density at radius 3 is 2.47 bits per heavy atom. The van der Waals surface area contributed by atoms with Crippen LogP contribution in [0.2, 0.25) is 0 Å². The lowest BCUT2D eigenvalue weighted by atomic mass is 10.3. The highest BCUT2D eigenvalue weighted by Crippen LogP contribution is 2.19. The largest absolute Gasteiger partial charge is 0.332 e. The smallest absolute Gasteiger partial charge is 0.175 e. The van der Waals surface area contributed by atoms with Gasteiger partial charge in [-0.15, -0.1) is 0 Å². The van der Waals surface area contributed by atoms with Gasteiger partial charge in [-0.25, -0.2) is 0 Å². The molecule has 0 atom stereocenters. The van der Waals surface area contributed by atoms with Crippen molar-refractivity contribution in [2.24, 2.45) is 0 Å². The highest BCUT2D eigenvalue weighted by Gasteiger charge is 2.11. The first-order valence-corrected chi connectivity index (χ1v) is 6.69. The molecule has 0 aliphatic rings. The van der Waals surface area contributed by atoms with Gasteiger partial charge in [0, 0.05) is 12.2 Å². The minimum absolute atomic E-state index is 0.577. The number of rotatable bonds is 3. The fraction of sp³-hybridized carbons (Fsp3) is 0.286. The Morgan fingerprint density at radius 1 is 1.21 bits per heavy atom. The minimum atomic E-state index is 0.577. The molecule has 0 radical (unpaired) electrons. The fourth-order valence-corrected chi connectivity index (χ4v) is 2.20. The summed E-state index contributed by atoms with van der Waals surface area (Å²) in [5.74, 6) is 0. The van der Waals surface area contributed by atoms with Crippen LogP contribution in [0.5, 0.6) is 0 Å². The van der Waals surface area contributed by atoms with Gasteiger partial charge in [-0.3, -0.25) is 4.68 Å². The normalized spacial score (nSPS) is 10.3. The quantitative estimate of drug-likeness (QED) is 0.843. The van der Waals surface area contributed by atoms with Crippen LogP contribution < -0.4 is 10.6 Å². The number of anilines is 2. The van der Waals surface area contributed by atoms with Crippen LogP contribution in [0.4, 0.5) is 11.4 Å². The van der Waals surface area contributed by atoms with Crippen LogP contribution in [0.1, 0.15) is 18.3 Å². The van der Waals surface area contributed by atoms with Gasteiger partial charge in [0.05, 0.1) is 17.1 Å². The van der Waals surface area contributed by atoms with E-state index in [2.05, 4.69) is 22.7 Å². The maximum Gasteiger partial charge on any atom is 0.175 e. The van der Waals surface area contributed by atoms with E-state index in [1.54, 1.807) is 0 Å². The van der Waals surface area contributed by atoms with Crippen molar-refractivity contribution in [2.45, 2.75) is 27.3 Å². The molecule has 1 aromatic heterocycles. The van der Waals surface area contributed by atoms with Gasteiger partial charge in [0.1, 0.15) is 0 Å². The summed E-state index contributed by atoms with van der Waals surface area (Å²) < 4.78 is 1.96. The van der Waals surface area contributed by atoms with Crippen LogP contribution in [-0.4, -0.2) is 14.9 Å². The van der Waals surface area contributed by atoms with E-state index in [0.717, 1.165) is 29.3 Å². The van der Waals surface area contributed by atoms with E-state index >= 15 is 0 Å². The van der Waals surface area contributed by atoms with Gasteiger partial charge in [0.25, 0.3) is 0 Å². The topological polar surface area (TPSA) is 41.9 Å². The van der Waals surface area contributed by atoms with Gasteiger partial charge in [0.2, 0.25) is 0 Å². The molecule has 0 saturated heterocycles. The number of aromatic nitrogens is 2. The van der Waals surface area contributed by atoms with E-state index in [1.807, 2.05) is 48.9 Å². The van der Waals surface area contributed by atoms with Crippen molar-refractivity contribution >= 4 is 28.7 Å². The molecule has 1 aromatic carbocycles. The molecule has 4 nitrogen and oxygen atoms in total. The Labute approximate surface area is 118 Å². The summed E-state index contributed by atoms with van der Waals surface area (Å²) in [5, 5.41) is 11.4. The third-order valence-corrected chi connectivity index (χ3v) is 3.16. The Kier molecular flexibility index (Phi) is 4.16. The third kappa shape index (κ3) is 3.12. The van der Waals surface area contributed by atoms with Crippen LogP contribution in [0, 0.1) is 13.8 Å². The standard InChI is InChI=1S/C14H18N4S/c1-4-18-11(3)13(10(2)17-18)16-14(19)15-12-8-6-5-7-9-12/h5-9H,4H2,1-3H3,(H2,15,16,19). The zero-order valence-electron chi connectivity index (χ0n) is 11.4. The first-order valence-electron chi connectivity index (χ1n) is 6.29. The average molecular weight is 274 g/mol. The number of aryl methyl sites for hydroxylation is 2. The Bertz CT molecular complexity index is 575. The second kappa shape index (κ2) is 5.84. The summed E-state index contributed by atoms with van der Waals surface area (Å²) in [5.41, 5.74) is 4.00. The zero-order chi connectivity index (χ0) is 13.8. The van der Waals surface area contributed by atoms with Crippen molar-refractivity contribution in [2.75, 3.05) is 10.6 Å². The van der Waals surface area contributed by atoms with E-state index in [9.17, 15) is 0 Å². The maximum atomic E-state index is 5.32. The molecule has 0 aliphatic heterocycles. The lowest BCUT2D eigenvalue weighted by Gasteiger charge is -2.10. The maximum absolute atomic E-state index is 5.32. The summed E-state index contributed by atoms with van der Waals surface area (Å²) in [7, 11) is 0. The predicted octanol–water partition coefficient (Wildman–Crippen LogP) is 3.33. The van der Waals surface area contributed by atoms with Gasteiger partial charge >= 0.3 is 0 Å². The summed E-state index contributed by atoms with van der Waals surface area (Å²) >= 11 is 5.32. The summed E-state index contributed by atoms with van der Waals surface area (Å²) in [4.78, 5) is 0. The number of benzene rings is 1. The number of para-hydroxylation sites is 1. The number of nitrogens with zero attached hydrogens (tertiary/aromatic N) is 2. The van der Waals surface area contributed by atoms with Crippen molar-refractivity contribution in [3.8, 4) is 0 Å². The molecule has 19 heavy (non-hydrogen) atoms. The molecule has 2 rings (SSSR count). The van der Waals surface area contributed by atoms with Gasteiger partial charge in [0.15, 0.2) is 5.11 Å². The highest BCUT2D eigenvalue weighted by atomic mass is 32.1. The van der Waals surface area contributed by atoms with Crippen LogP contribution in [0.15, 0.2) is 30.3 Å². The van der Waals surface area contributed by atoms with Gasteiger partial charge in [-0.2, -0.15) is 5.10 Å². The molecule has 1 heterocycles. The lowest BCUT2D eigenvalue weighted by Crippen LogP contribution is -2.19. The number of hydrogen-bond donors (Lipinski definition) is 2. The SMILES string of the molecule is CCn1nc(C)c(NC(=S)Nc2ccccc2)c1C. The molecule has 0 spiro atoms. The molecule has 2 N–H and O–H groups in total. The lowest BCUT2D eigenvalue weighted by molar-refractivity contribution is 0.634. The molecule has 100 valence electrons. The van der Waals surface area contributed by atoms with Crippen molar-refractivity contribution in [3.63, 3.8) is 0 Å². The molecule has 0 saturated carbocycles. The first-order chi connectivity index (χ1) is 9.11. The molecule has 0 unspecified atom stereocenters. The molecule has 0 fully saturated rings. The average Bonchev–Trinajstić information content (AvgIpc) is 2.67.